The lowest BCUT2D eigenvalue weighted by Crippen LogP contribution is -2.38. The van der Waals surface area contributed by atoms with Crippen LogP contribution in [-0.2, 0) is 18.4 Å². The van der Waals surface area contributed by atoms with Crippen molar-refractivity contribution in [2.24, 2.45) is 12.8 Å². The number of carbonyl (C=O) groups excluding carboxylic acids is 1. The van der Waals surface area contributed by atoms with Gasteiger partial charge in [-0.05, 0) is 36.1 Å². The van der Waals surface area contributed by atoms with Gasteiger partial charge in [-0.2, -0.15) is 5.10 Å². The van der Waals surface area contributed by atoms with Crippen LogP contribution in [0.25, 0.3) is 22.2 Å². The van der Waals surface area contributed by atoms with Crippen molar-refractivity contribution < 1.29 is 4.79 Å². The van der Waals surface area contributed by atoms with Gasteiger partial charge in [0.25, 0.3) is 0 Å². The van der Waals surface area contributed by atoms with Crippen molar-refractivity contribution in [3.63, 3.8) is 0 Å². The third-order valence-corrected chi connectivity index (χ3v) is 5.50. The molecular formula is C21H25N5O. The largest absolute Gasteiger partial charge is 0.354 e. The van der Waals surface area contributed by atoms with Gasteiger partial charge in [-0.3, -0.25) is 9.48 Å². The number of aromatic amines is 1. The maximum atomic E-state index is 12.1. The fourth-order valence-electron chi connectivity index (χ4n) is 4.10. The average molecular weight is 363 g/mol. The van der Waals surface area contributed by atoms with Crippen LogP contribution in [0.3, 0.4) is 0 Å². The van der Waals surface area contributed by atoms with Crippen LogP contribution in [0.1, 0.15) is 29.9 Å². The number of hydrogen-bond acceptors (Lipinski definition) is 3. The highest BCUT2D eigenvalue weighted by Gasteiger charge is 2.25. The first kappa shape index (κ1) is 17.5. The summed E-state index contributed by atoms with van der Waals surface area (Å²) in [6, 6.07) is 6.47. The molecule has 1 aliphatic heterocycles. The third-order valence-electron chi connectivity index (χ3n) is 5.50. The van der Waals surface area contributed by atoms with Crippen LogP contribution in [0.2, 0.25) is 0 Å². The van der Waals surface area contributed by atoms with Crippen LogP contribution in [0.15, 0.2) is 43.2 Å². The van der Waals surface area contributed by atoms with Crippen molar-refractivity contribution in [1.29, 1.82) is 0 Å². The van der Waals surface area contributed by atoms with E-state index in [2.05, 4.69) is 34.9 Å². The second-order valence-electron chi connectivity index (χ2n) is 7.22. The molecule has 0 saturated carbocycles. The number of hydrogen-bond donors (Lipinski definition) is 2. The van der Waals surface area contributed by atoms with Crippen LogP contribution >= 0.6 is 0 Å². The molecular weight excluding hydrogens is 338 g/mol. The molecule has 1 atom stereocenters. The molecule has 0 spiro atoms. The van der Waals surface area contributed by atoms with Crippen molar-refractivity contribution in [2.75, 3.05) is 13.1 Å². The minimum absolute atomic E-state index is 0.0136. The standard InChI is InChI=1S/C21H25N5O/c1-3-20(27)26-8-4-5-15(13-26)17-7-6-14(10-22)21-18(17)9-19(24-21)16-11-23-25(2)12-16/h3,6-7,9,11-12,15,24H,1,4-5,8,10,13,22H2,2H3/t15-/m0/s1. The van der Waals surface area contributed by atoms with Gasteiger partial charge in [0, 0.05) is 55.4 Å². The Kier molecular flexibility index (Phi) is 4.58. The third kappa shape index (κ3) is 3.17. The lowest BCUT2D eigenvalue weighted by Gasteiger charge is -2.32. The highest BCUT2D eigenvalue weighted by atomic mass is 16.2. The Balaban J connectivity index is 1.77. The van der Waals surface area contributed by atoms with Gasteiger partial charge >= 0.3 is 0 Å². The zero-order valence-electron chi connectivity index (χ0n) is 15.6. The summed E-state index contributed by atoms with van der Waals surface area (Å²) in [4.78, 5) is 17.5. The zero-order chi connectivity index (χ0) is 19.0. The number of aryl methyl sites for hydroxylation is 1. The number of carbonyl (C=O) groups is 1. The number of rotatable bonds is 4. The maximum Gasteiger partial charge on any atom is 0.245 e. The smallest absolute Gasteiger partial charge is 0.245 e. The zero-order valence-corrected chi connectivity index (χ0v) is 15.6. The van der Waals surface area contributed by atoms with Crippen LogP contribution in [-0.4, -0.2) is 38.7 Å². The molecule has 3 N–H and O–H groups in total. The van der Waals surface area contributed by atoms with Gasteiger partial charge in [0.2, 0.25) is 5.91 Å². The van der Waals surface area contributed by atoms with Crippen molar-refractivity contribution in [1.82, 2.24) is 19.7 Å². The molecule has 3 heterocycles. The number of nitrogens with two attached hydrogens (primary N) is 1. The van der Waals surface area contributed by atoms with Crippen LogP contribution < -0.4 is 5.73 Å². The quantitative estimate of drug-likeness (QED) is 0.700. The monoisotopic (exact) mass is 363 g/mol. The summed E-state index contributed by atoms with van der Waals surface area (Å²) in [5.41, 5.74) is 11.5. The highest BCUT2D eigenvalue weighted by Crippen LogP contribution is 2.36. The number of fused-ring (bicyclic) bond motifs is 1. The minimum atomic E-state index is 0.0136. The Morgan fingerprint density at radius 1 is 1.48 bits per heavy atom. The van der Waals surface area contributed by atoms with Gasteiger partial charge in [-0.15, -0.1) is 0 Å². The van der Waals surface area contributed by atoms with Crippen molar-refractivity contribution >= 4 is 16.8 Å². The Labute approximate surface area is 158 Å². The molecule has 6 heteroatoms. The number of aromatic nitrogens is 3. The van der Waals surface area contributed by atoms with E-state index in [1.54, 1.807) is 4.68 Å². The first-order chi connectivity index (χ1) is 13.1. The second-order valence-corrected chi connectivity index (χ2v) is 7.22. The molecule has 1 amide bonds. The second kappa shape index (κ2) is 7.04. The summed E-state index contributed by atoms with van der Waals surface area (Å²) < 4.78 is 1.80. The fraction of sp³-hybridized carbons (Fsp3) is 0.333. The molecule has 27 heavy (non-hydrogen) atoms. The van der Waals surface area contributed by atoms with E-state index in [1.807, 2.05) is 24.3 Å². The van der Waals surface area contributed by atoms with E-state index in [9.17, 15) is 4.79 Å². The number of nitrogens with one attached hydrogen (secondary N) is 1. The normalized spacial score (nSPS) is 17.4. The molecule has 6 nitrogen and oxygen atoms in total. The average Bonchev–Trinajstić information content (AvgIpc) is 3.33. The molecule has 0 radical (unpaired) electrons. The maximum absolute atomic E-state index is 12.1. The molecule has 2 aromatic heterocycles. The summed E-state index contributed by atoms with van der Waals surface area (Å²) in [6.45, 7) is 5.65. The summed E-state index contributed by atoms with van der Waals surface area (Å²) >= 11 is 0. The number of amides is 1. The molecule has 140 valence electrons. The Morgan fingerprint density at radius 3 is 3.04 bits per heavy atom. The van der Waals surface area contributed by atoms with Gasteiger partial charge < -0.3 is 15.6 Å². The van der Waals surface area contributed by atoms with E-state index in [0.717, 1.165) is 48.3 Å². The van der Waals surface area contributed by atoms with Crippen molar-refractivity contribution in [2.45, 2.75) is 25.3 Å². The molecule has 0 unspecified atom stereocenters. The Bertz CT molecular complexity index is 999. The molecule has 4 rings (SSSR count). The van der Waals surface area contributed by atoms with Gasteiger partial charge in [0.15, 0.2) is 0 Å². The predicted octanol–water partition coefficient (Wildman–Crippen LogP) is 2.92. The predicted molar refractivity (Wildman–Crippen MR) is 107 cm³/mol. The summed E-state index contributed by atoms with van der Waals surface area (Å²) in [5.74, 6) is 0.328. The Hall–Kier alpha value is -2.86. The highest BCUT2D eigenvalue weighted by molar-refractivity contribution is 5.91. The van der Waals surface area contributed by atoms with Gasteiger partial charge in [-0.1, -0.05) is 18.7 Å². The number of likely N-dealkylation sites (tertiary alicyclic amines) is 1. The number of H-pyrrole nitrogens is 1. The molecule has 3 aromatic rings. The molecule has 0 bridgehead atoms. The van der Waals surface area contributed by atoms with E-state index in [4.69, 9.17) is 5.73 Å². The molecule has 1 saturated heterocycles. The summed E-state index contributed by atoms with van der Waals surface area (Å²) in [6.07, 6.45) is 7.34. The lowest BCUT2D eigenvalue weighted by atomic mass is 9.87. The number of nitrogens with zero attached hydrogens (tertiary/aromatic N) is 3. The van der Waals surface area contributed by atoms with E-state index in [-0.39, 0.29) is 5.91 Å². The molecule has 0 aliphatic carbocycles. The van der Waals surface area contributed by atoms with Gasteiger partial charge in [-0.25, -0.2) is 0 Å². The van der Waals surface area contributed by atoms with Crippen molar-refractivity contribution in [3.05, 3.63) is 54.4 Å². The minimum Gasteiger partial charge on any atom is -0.354 e. The molecule has 1 aromatic carbocycles. The lowest BCUT2D eigenvalue weighted by molar-refractivity contribution is -0.127. The van der Waals surface area contributed by atoms with Gasteiger partial charge in [0.1, 0.15) is 0 Å². The summed E-state index contributed by atoms with van der Waals surface area (Å²) in [5, 5.41) is 5.46. The SMILES string of the molecule is C=CC(=O)N1CCC[C@H](c2ccc(CN)c3[nH]c(-c4cnn(C)c4)cc23)C1. The van der Waals surface area contributed by atoms with E-state index in [1.165, 1.54) is 17.0 Å². The fourth-order valence-corrected chi connectivity index (χ4v) is 4.10. The first-order valence-corrected chi connectivity index (χ1v) is 9.35. The van der Waals surface area contributed by atoms with Crippen molar-refractivity contribution in [3.8, 4) is 11.3 Å². The van der Waals surface area contributed by atoms with E-state index < -0.39 is 0 Å². The van der Waals surface area contributed by atoms with Gasteiger partial charge in [0.05, 0.1) is 11.7 Å². The van der Waals surface area contributed by atoms with Crippen LogP contribution in [0, 0.1) is 0 Å². The van der Waals surface area contributed by atoms with E-state index in [0.29, 0.717) is 12.5 Å². The summed E-state index contributed by atoms with van der Waals surface area (Å²) in [7, 11) is 1.91. The molecule has 1 aliphatic rings. The van der Waals surface area contributed by atoms with Crippen LogP contribution in [0.5, 0.6) is 0 Å². The topological polar surface area (TPSA) is 79.9 Å². The Morgan fingerprint density at radius 2 is 2.33 bits per heavy atom. The number of benzene rings is 1. The molecule has 1 fully saturated rings. The van der Waals surface area contributed by atoms with E-state index >= 15 is 0 Å². The van der Waals surface area contributed by atoms with Crippen LogP contribution in [0.4, 0.5) is 0 Å². The first-order valence-electron chi connectivity index (χ1n) is 9.35. The number of piperidine rings is 1.